The average Bonchev–Trinajstić information content (AvgIpc) is 2.83. The number of hydrogen-bond acceptors (Lipinski definition) is 3. The monoisotopic (exact) mass is 314 g/mol. The lowest BCUT2D eigenvalue weighted by Crippen LogP contribution is -2.07. The molecule has 2 heterocycles. The van der Waals surface area contributed by atoms with Crippen molar-refractivity contribution in [2.45, 2.75) is 6.18 Å². The van der Waals surface area contributed by atoms with Gasteiger partial charge >= 0.3 is 6.18 Å². The van der Waals surface area contributed by atoms with Crippen molar-refractivity contribution in [3.8, 4) is 10.4 Å². The number of rotatable bonds is 1. The average molecular weight is 314 g/mol. The van der Waals surface area contributed by atoms with Gasteiger partial charge in [-0.2, -0.15) is 13.2 Å². The summed E-state index contributed by atoms with van der Waals surface area (Å²) in [6.45, 7) is 0. The second-order valence-electron chi connectivity index (χ2n) is 4.25. The summed E-state index contributed by atoms with van der Waals surface area (Å²) < 4.78 is 51.7. The van der Waals surface area contributed by atoms with Crippen molar-refractivity contribution in [1.29, 1.82) is 0 Å². The van der Waals surface area contributed by atoms with Crippen LogP contribution in [0, 0.1) is 5.82 Å². The Morgan fingerprint density at radius 1 is 1.19 bits per heavy atom. The Balaban J connectivity index is 2.19. The van der Waals surface area contributed by atoms with E-state index in [4.69, 9.17) is 0 Å². The van der Waals surface area contributed by atoms with E-state index in [0.717, 1.165) is 23.5 Å². The number of alkyl halides is 3. The van der Waals surface area contributed by atoms with Crippen LogP contribution in [0.25, 0.3) is 20.7 Å². The van der Waals surface area contributed by atoms with Crippen molar-refractivity contribution in [2.24, 2.45) is 0 Å². The molecule has 0 amide bonds. The lowest BCUT2D eigenvalue weighted by Gasteiger charge is -2.09. The normalized spacial score (nSPS) is 12.0. The molecule has 8 heteroatoms. The molecule has 0 spiro atoms. The number of nitrogens with one attached hydrogen (secondary N) is 1. The van der Waals surface area contributed by atoms with Gasteiger partial charge in [0.25, 0.3) is 5.56 Å². The summed E-state index contributed by atoms with van der Waals surface area (Å²) in [5, 5.41) is 0. The highest BCUT2D eigenvalue weighted by Gasteiger charge is 2.34. The summed E-state index contributed by atoms with van der Waals surface area (Å²) >= 11 is 1.01. The minimum Gasteiger partial charge on any atom is -0.312 e. The van der Waals surface area contributed by atoms with E-state index >= 15 is 0 Å². The number of H-pyrrole nitrogens is 1. The van der Waals surface area contributed by atoms with Crippen LogP contribution in [0.3, 0.4) is 0 Å². The Labute approximate surface area is 118 Å². The molecule has 3 nitrogen and oxygen atoms in total. The van der Waals surface area contributed by atoms with Gasteiger partial charge in [-0.15, -0.1) is 11.3 Å². The molecule has 0 aliphatic carbocycles. The maximum atomic E-state index is 13.3. The summed E-state index contributed by atoms with van der Waals surface area (Å²) in [6.07, 6.45) is -3.56. The number of halogens is 4. The summed E-state index contributed by atoms with van der Waals surface area (Å²) in [5.41, 5.74) is -1.13. The summed E-state index contributed by atoms with van der Waals surface area (Å²) in [4.78, 5) is 18.3. The van der Waals surface area contributed by atoms with E-state index in [1.165, 1.54) is 18.5 Å². The van der Waals surface area contributed by atoms with Crippen LogP contribution in [0.5, 0.6) is 0 Å². The molecule has 0 unspecified atom stereocenters. The lowest BCUT2D eigenvalue weighted by molar-refractivity contribution is -0.139. The highest BCUT2D eigenvalue weighted by atomic mass is 32.1. The fourth-order valence-corrected chi connectivity index (χ4v) is 2.91. The van der Waals surface area contributed by atoms with E-state index in [1.807, 2.05) is 0 Å². The Morgan fingerprint density at radius 2 is 1.95 bits per heavy atom. The molecule has 0 fully saturated rings. The van der Waals surface area contributed by atoms with Gasteiger partial charge in [-0.25, -0.2) is 9.37 Å². The molecular formula is C13H6F4N2OS. The highest BCUT2D eigenvalue weighted by molar-refractivity contribution is 7.22. The Kier molecular flexibility index (Phi) is 3.05. The number of thiophene rings is 1. The number of aromatic nitrogens is 2. The molecule has 0 saturated heterocycles. The van der Waals surface area contributed by atoms with Crippen molar-refractivity contribution in [3.05, 3.63) is 52.3 Å². The number of aromatic amines is 1. The van der Waals surface area contributed by atoms with Gasteiger partial charge in [0.05, 0.1) is 17.4 Å². The third-order valence-corrected chi connectivity index (χ3v) is 4.05. The van der Waals surface area contributed by atoms with Crippen molar-refractivity contribution in [1.82, 2.24) is 9.97 Å². The largest absolute Gasteiger partial charge is 0.419 e. The van der Waals surface area contributed by atoms with Gasteiger partial charge in [0.1, 0.15) is 10.5 Å². The van der Waals surface area contributed by atoms with Gasteiger partial charge < -0.3 is 4.98 Å². The molecule has 0 radical (unpaired) electrons. The molecule has 21 heavy (non-hydrogen) atoms. The van der Waals surface area contributed by atoms with Gasteiger partial charge in [-0.05, 0) is 23.8 Å². The molecular weight excluding hydrogens is 308 g/mol. The SMILES string of the molecule is O=c1[nH]cnc2cc(-c3ccc(F)c(C(F)(F)F)c3)sc12. The van der Waals surface area contributed by atoms with E-state index < -0.39 is 17.6 Å². The van der Waals surface area contributed by atoms with Crippen LogP contribution in [-0.2, 0) is 6.18 Å². The third-order valence-electron chi connectivity index (χ3n) is 2.87. The van der Waals surface area contributed by atoms with E-state index in [9.17, 15) is 22.4 Å². The first-order chi connectivity index (χ1) is 9.86. The fourth-order valence-electron chi connectivity index (χ4n) is 1.90. The molecule has 1 N–H and O–H groups in total. The molecule has 2 aromatic heterocycles. The smallest absolute Gasteiger partial charge is 0.312 e. The maximum absolute atomic E-state index is 13.3. The first-order valence-corrected chi connectivity index (χ1v) is 6.52. The standard InChI is InChI=1S/C13H6F4N2OS/c14-8-2-1-6(3-7(8)13(15,16)17)10-4-9-11(21-10)12(20)19-5-18-9/h1-5H,(H,18,19,20). The third kappa shape index (κ3) is 2.42. The lowest BCUT2D eigenvalue weighted by atomic mass is 10.1. The van der Waals surface area contributed by atoms with Crippen LogP contribution in [0.15, 0.2) is 35.4 Å². The fraction of sp³-hybridized carbons (Fsp3) is 0.0769. The molecule has 0 atom stereocenters. The zero-order valence-corrected chi connectivity index (χ0v) is 11.0. The second-order valence-corrected chi connectivity index (χ2v) is 5.30. The molecule has 108 valence electrons. The summed E-state index contributed by atoms with van der Waals surface area (Å²) in [5.74, 6) is -1.33. The Hall–Kier alpha value is -2.22. The van der Waals surface area contributed by atoms with Crippen LogP contribution in [0.2, 0.25) is 0 Å². The summed E-state index contributed by atoms with van der Waals surface area (Å²) in [7, 11) is 0. The topological polar surface area (TPSA) is 45.8 Å². The van der Waals surface area contributed by atoms with Crippen LogP contribution in [0.4, 0.5) is 17.6 Å². The minimum atomic E-state index is -4.77. The predicted molar refractivity (Wildman–Crippen MR) is 70.6 cm³/mol. The van der Waals surface area contributed by atoms with Gasteiger partial charge in [0, 0.05) is 4.88 Å². The van der Waals surface area contributed by atoms with Gasteiger partial charge in [0.2, 0.25) is 0 Å². The van der Waals surface area contributed by atoms with E-state index in [0.29, 0.717) is 15.1 Å². The van der Waals surface area contributed by atoms with E-state index in [1.54, 1.807) is 0 Å². The van der Waals surface area contributed by atoms with Crippen LogP contribution in [-0.4, -0.2) is 9.97 Å². The Morgan fingerprint density at radius 3 is 2.62 bits per heavy atom. The van der Waals surface area contributed by atoms with Crippen molar-refractivity contribution in [3.63, 3.8) is 0 Å². The van der Waals surface area contributed by atoms with Gasteiger partial charge in [-0.1, -0.05) is 6.07 Å². The highest BCUT2D eigenvalue weighted by Crippen LogP contribution is 2.36. The quantitative estimate of drug-likeness (QED) is 0.694. The van der Waals surface area contributed by atoms with Crippen LogP contribution < -0.4 is 5.56 Å². The molecule has 3 aromatic rings. The molecule has 0 aliphatic rings. The minimum absolute atomic E-state index is 0.186. The van der Waals surface area contributed by atoms with Crippen LogP contribution >= 0.6 is 11.3 Å². The Bertz CT molecular complexity index is 882. The van der Waals surface area contributed by atoms with Crippen molar-refractivity contribution < 1.29 is 17.6 Å². The zero-order chi connectivity index (χ0) is 15.2. The number of nitrogens with zero attached hydrogens (tertiary/aromatic N) is 1. The van der Waals surface area contributed by atoms with Gasteiger partial charge in [-0.3, -0.25) is 4.79 Å². The van der Waals surface area contributed by atoms with E-state index in [-0.39, 0.29) is 11.1 Å². The first kappa shape index (κ1) is 13.7. The summed E-state index contributed by atoms with van der Waals surface area (Å²) in [6, 6.07) is 4.24. The van der Waals surface area contributed by atoms with Crippen molar-refractivity contribution >= 4 is 21.6 Å². The maximum Gasteiger partial charge on any atom is 0.419 e. The van der Waals surface area contributed by atoms with Crippen LogP contribution in [0.1, 0.15) is 5.56 Å². The van der Waals surface area contributed by atoms with E-state index in [2.05, 4.69) is 9.97 Å². The number of benzene rings is 1. The first-order valence-electron chi connectivity index (χ1n) is 5.70. The molecule has 0 aliphatic heterocycles. The van der Waals surface area contributed by atoms with Gasteiger partial charge in [0.15, 0.2) is 0 Å². The molecule has 1 aromatic carbocycles. The van der Waals surface area contributed by atoms with Crippen molar-refractivity contribution in [2.75, 3.05) is 0 Å². The number of fused-ring (bicyclic) bond motifs is 1. The number of hydrogen-bond donors (Lipinski definition) is 1. The molecule has 0 saturated carbocycles. The zero-order valence-electron chi connectivity index (χ0n) is 10.2. The second kappa shape index (κ2) is 4.66. The molecule has 0 bridgehead atoms. The predicted octanol–water partition coefficient (Wildman–Crippen LogP) is 3.81. The molecule has 3 rings (SSSR count).